The second-order valence-electron chi connectivity index (χ2n) is 6.17. The molecule has 1 N–H and O–H groups in total. The minimum absolute atomic E-state index is 0.188. The zero-order valence-electron chi connectivity index (χ0n) is 14.2. The zero-order chi connectivity index (χ0) is 18.5. The van der Waals surface area contributed by atoms with Crippen LogP contribution in [0, 0.1) is 0 Å². The standard InChI is InChI=1S/C17H21Cl2N3O4/c18-16(19)15(23)6-5-14-11-22(17(24)26-14)13-3-1-12(2-4-13)21-8-7-20-25-10-9-21/h1-4,14,16,20H,5-11H2/t14-/m0/s1. The zero-order valence-corrected chi connectivity index (χ0v) is 15.7. The highest BCUT2D eigenvalue weighted by Crippen LogP contribution is 2.26. The Labute approximate surface area is 162 Å². The Kier molecular flexibility index (Phi) is 6.58. The number of anilines is 2. The fourth-order valence-electron chi connectivity index (χ4n) is 2.99. The molecule has 0 unspecified atom stereocenters. The van der Waals surface area contributed by atoms with E-state index in [9.17, 15) is 9.59 Å². The summed E-state index contributed by atoms with van der Waals surface area (Å²) in [6.07, 6.45) is -0.147. The Hall–Kier alpha value is -1.54. The third-order valence-corrected chi connectivity index (χ3v) is 4.89. The highest BCUT2D eigenvalue weighted by atomic mass is 35.5. The topological polar surface area (TPSA) is 71.1 Å². The first-order valence-corrected chi connectivity index (χ1v) is 9.40. The fourth-order valence-corrected chi connectivity index (χ4v) is 3.21. The molecule has 1 aromatic carbocycles. The lowest BCUT2D eigenvalue weighted by molar-refractivity contribution is -0.117. The third kappa shape index (κ3) is 4.79. The number of amides is 1. The number of nitrogens with one attached hydrogen (secondary N) is 1. The molecule has 1 amide bonds. The number of carbonyl (C=O) groups is 2. The van der Waals surface area contributed by atoms with E-state index in [2.05, 4.69) is 10.4 Å². The minimum Gasteiger partial charge on any atom is -0.444 e. The summed E-state index contributed by atoms with van der Waals surface area (Å²) in [5.41, 5.74) is 4.73. The molecule has 26 heavy (non-hydrogen) atoms. The van der Waals surface area contributed by atoms with Gasteiger partial charge in [-0.3, -0.25) is 14.5 Å². The quantitative estimate of drug-likeness (QED) is 0.738. The van der Waals surface area contributed by atoms with E-state index >= 15 is 0 Å². The van der Waals surface area contributed by atoms with Crippen LogP contribution in [0.2, 0.25) is 0 Å². The van der Waals surface area contributed by atoms with Crippen LogP contribution in [0.15, 0.2) is 24.3 Å². The molecule has 0 bridgehead atoms. The molecule has 0 saturated carbocycles. The van der Waals surface area contributed by atoms with Crippen molar-refractivity contribution >= 4 is 46.5 Å². The molecule has 0 radical (unpaired) electrons. The maximum Gasteiger partial charge on any atom is 0.414 e. The van der Waals surface area contributed by atoms with E-state index in [1.807, 2.05) is 24.3 Å². The number of Topliss-reactive ketones (excluding diaryl/α,β-unsaturated/α-hetero) is 1. The van der Waals surface area contributed by atoms with E-state index in [1.165, 1.54) is 0 Å². The first kappa shape index (κ1) is 19.2. The number of carbonyl (C=O) groups excluding carboxylic acids is 2. The molecule has 2 aliphatic heterocycles. The van der Waals surface area contributed by atoms with Gasteiger partial charge in [-0.15, -0.1) is 0 Å². The molecule has 2 heterocycles. The molecule has 9 heteroatoms. The molecule has 2 fully saturated rings. The second-order valence-corrected chi connectivity index (χ2v) is 7.26. The maximum absolute atomic E-state index is 12.1. The van der Waals surface area contributed by atoms with E-state index in [-0.39, 0.29) is 18.3 Å². The van der Waals surface area contributed by atoms with Crippen molar-refractivity contribution < 1.29 is 19.2 Å². The normalized spacial score (nSPS) is 21.0. The second kappa shape index (κ2) is 8.90. The first-order chi connectivity index (χ1) is 12.5. The summed E-state index contributed by atoms with van der Waals surface area (Å²) in [6.45, 7) is 3.43. The van der Waals surface area contributed by atoms with Gasteiger partial charge in [-0.25, -0.2) is 10.3 Å². The Morgan fingerprint density at radius 2 is 1.96 bits per heavy atom. The van der Waals surface area contributed by atoms with Crippen LogP contribution in [0.4, 0.5) is 16.2 Å². The van der Waals surface area contributed by atoms with E-state index < -0.39 is 10.9 Å². The summed E-state index contributed by atoms with van der Waals surface area (Å²) in [6, 6.07) is 7.76. The van der Waals surface area contributed by atoms with Gasteiger partial charge in [0, 0.05) is 37.4 Å². The van der Waals surface area contributed by atoms with Crippen LogP contribution in [-0.4, -0.2) is 55.6 Å². The number of ether oxygens (including phenoxy) is 1. The van der Waals surface area contributed by atoms with Crippen molar-refractivity contribution in [3.63, 3.8) is 0 Å². The van der Waals surface area contributed by atoms with Crippen LogP contribution in [0.3, 0.4) is 0 Å². The average molecular weight is 402 g/mol. The summed E-state index contributed by atoms with van der Waals surface area (Å²) in [5, 5.41) is 0. The lowest BCUT2D eigenvalue weighted by Crippen LogP contribution is -2.28. The molecule has 0 aliphatic carbocycles. The number of hydroxylamine groups is 1. The van der Waals surface area contributed by atoms with Gasteiger partial charge in [0.2, 0.25) is 0 Å². The van der Waals surface area contributed by atoms with Crippen LogP contribution in [-0.2, 0) is 14.4 Å². The monoisotopic (exact) mass is 401 g/mol. The van der Waals surface area contributed by atoms with E-state index in [4.69, 9.17) is 32.8 Å². The highest BCUT2D eigenvalue weighted by molar-refractivity contribution is 6.53. The molecule has 7 nitrogen and oxygen atoms in total. The van der Waals surface area contributed by atoms with Crippen LogP contribution >= 0.6 is 23.2 Å². The van der Waals surface area contributed by atoms with Crippen LogP contribution < -0.4 is 15.3 Å². The van der Waals surface area contributed by atoms with Gasteiger partial charge >= 0.3 is 6.09 Å². The van der Waals surface area contributed by atoms with Crippen molar-refractivity contribution in [2.24, 2.45) is 0 Å². The molecule has 142 valence electrons. The van der Waals surface area contributed by atoms with Crippen molar-refractivity contribution in [1.29, 1.82) is 0 Å². The number of benzene rings is 1. The van der Waals surface area contributed by atoms with Crippen LogP contribution in [0.25, 0.3) is 0 Å². The molecule has 2 aliphatic rings. The maximum atomic E-state index is 12.1. The van der Waals surface area contributed by atoms with E-state index in [1.54, 1.807) is 4.90 Å². The van der Waals surface area contributed by atoms with Gasteiger partial charge in [0.15, 0.2) is 10.6 Å². The Morgan fingerprint density at radius 1 is 1.23 bits per heavy atom. The van der Waals surface area contributed by atoms with Crippen molar-refractivity contribution in [2.45, 2.75) is 23.8 Å². The Bertz CT molecular complexity index is 633. The predicted molar refractivity (Wildman–Crippen MR) is 100.0 cm³/mol. The number of rotatable bonds is 6. The number of cyclic esters (lactones) is 1. The van der Waals surface area contributed by atoms with Crippen molar-refractivity contribution in [3.05, 3.63) is 24.3 Å². The lowest BCUT2D eigenvalue weighted by atomic mass is 10.1. The number of ketones is 1. The van der Waals surface area contributed by atoms with Crippen molar-refractivity contribution in [3.8, 4) is 0 Å². The van der Waals surface area contributed by atoms with E-state index in [0.717, 1.165) is 31.0 Å². The van der Waals surface area contributed by atoms with Gasteiger partial charge in [0.1, 0.15) is 6.10 Å². The molecule has 1 aromatic rings. The summed E-state index contributed by atoms with van der Waals surface area (Å²) < 4.78 is 5.33. The molecule has 0 spiro atoms. The van der Waals surface area contributed by atoms with Crippen molar-refractivity contribution in [1.82, 2.24) is 5.48 Å². The third-order valence-electron chi connectivity index (χ3n) is 4.41. The van der Waals surface area contributed by atoms with Gasteiger partial charge in [-0.1, -0.05) is 23.2 Å². The predicted octanol–water partition coefficient (Wildman–Crippen LogP) is 2.51. The Balaban J connectivity index is 1.58. The number of hydrogen-bond donors (Lipinski definition) is 1. The number of nitrogens with zero attached hydrogens (tertiary/aromatic N) is 2. The highest BCUT2D eigenvalue weighted by Gasteiger charge is 2.32. The lowest BCUT2D eigenvalue weighted by Gasteiger charge is -2.22. The summed E-state index contributed by atoms with van der Waals surface area (Å²) in [4.78, 5) is 31.6. The SMILES string of the molecule is O=C(CC[C@H]1CN(c2ccc(N3CCNOCC3)cc2)C(=O)O1)C(Cl)Cl. The first-order valence-electron chi connectivity index (χ1n) is 8.53. The minimum atomic E-state index is -1.03. The number of hydrogen-bond acceptors (Lipinski definition) is 6. The van der Waals surface area contributed by atoms with Gasteiger partial charge in [-0.05, 0) is 30.7 Å². The Morgan fingerprint density at radius 3 is 2.69 bits per heavy atom. The van der Waals surface area contributed by atoms with E-state index in [0.29, 0.717) is 19.6 Å². The molecular formula is C17H21Cl2N3O4. The summed E-state index contributed by atoms with van der Waals surface area (Å²) in [7, 11) is 0. The number of alkyl halides is 2. The molecule has 3 rings (SSSR count). The van der Waals surface area contributed by atoms with Gasteiger partial charge in [0.05, 0.1) is 13.2 Å². The van der Waals surface area contributed by atoms with Gasteiger partial charge < -0.3 is 9.64 Å². The molecule has 1 atom stereocenters. The van der Waals surface area contributed by atoms with Crippen LogP contribution in [0.1, 0.15) is 12.8 Å². The smallest absolute Gasteiger partial charge is 0.414 e. The summed E-state index contributed by atoms with van der Waals surface area (Å²) >= 11 is 11.1. The largest absolute Gasteiger partial charge is 0.444 e. The van der Waals surface area contributed by atoms with Crippen molar-refractivity contribution in [2.75, 3.05) is 42.6 Å². The van der Waals surface area contributed by atoms with Gasteiger partial charge in [0.25, 0.3) is 0 Å². The molecule has 0 aromatic heterocycles. The number of halogens is 2. The average Bonchev–Trinajstić information content (AvgIpc) is 2.84. The van der Waals surface area contributed by atoms with Crippen LogP contribution in [0.5, 0.6) is 0 Å². The molecule has 2 saturated heterocycles. The van der Waals surface area contributed by atoms with Gasteiger partial charge in [-0.2, -0.15) is 0 Å². The summed E-state index contributed by atoms with van der Waals surface area (Å²) in [5.74, 6) is -0.261. The fraction of sp³-hybridized carbons (Fsp3) is 0.529. The molecular weight excluding hydrogens is 381 g/mol.